The number of carbonyl (C=O) groups is 2. The van der Waals surface area contributed by atoms with E-state index in [9.17, 15) is 14.2 Å². The van der Waals surface area contributed by atoms with E-state index in [1.807, 2.05) is 21.1 Å². The first-order valence-corrected chi connectivity index (χ1v) is 20.5. The van der Waals surface area contributed by atoms with Crippen molar-refractivity contribution in [3.8, 4) is 0 Å². The molecule has 0 aliphatic heterocycles. The number of esters is 2. The normalized spacial score (nSPS) is 14.0. The number of allylic oxidation sites excluding steroid dienone is 4. The minimum absolute atomic E-state index is 0.131. The van der Waals surface area contributed by atoms with Crippen LogP contribution < -0.4 is 0 Å². The number of phosphoric ester groups is 1. The van der Waals surface area contributed by atoms with Gasteiger partial charge < -0.3 is 14.0 Å². The summed E-state index contributed by atoms with van der Waals surface area (Å²) >= 11 is 0. The maximum absolute atomic E-state index is 13.2. The fourth-order valence-corrected chi connectivity index (χ4v) is 5.92. The van der Waals surface area contributed by atoms with E-state index in [1.54, 1.807) is 6.92 Å². The highest BCUT2D eigenvalue weighted by Crippen LogP contribution is 2.49. The Kier molecular flexibility index (Phi) is 30.5. The number of hydrogen-bond donors (Lipinski definition) is 0. The lowest BCUT2D eigenvalue weighted by Gasteiger charge is -2.25. The smallest absolute Gasteiger partial charge is 0.462 e. The van der Waals surface area contributed by atoms with E-state index in [2.05, 4.69) is 38.2 Å². The highest BCUT2D eigenvalue weighted by atomic mass is 31.2. The van der Waals surface area contributed by atoms with E-state index in [0.717, 1.165) is 77.0 Å². The number of ether oxygens (including phenoxy) is 2. The second-order valence-electron chi connectivity index (χ2n) is 13.6. The molecule has 10 heteroatoms. The van der Waals surface area contributed by atoms with Gasteiger partial charge in [0.25, 0.3) is 0 Å². The van der Waals surface area contributed by atoms with Gasteiger partial charge in [0.1, 0.15) is 19.8 Å². The predicted octanol–water partition coefficient (Wildman–Crippen LogP) is 10.3. The van der Waals surface area contributed by atoms with E-state index < -0.39 is 19.9 Å². The van der Waals surface area contributed by atoms with Gasteiger partial charge in [0, 0.05) is 12.8 Å². The predicted molar refractivity (Wildman–Crippen MR) is 197 cm³/mol. The molecule has 0 saturated carbocycles. The van der Waals surface area contributed by atoms with Gasteiger partial charge in [-0.05, 0) is 58.3 Å². The van der Waals surface area contributed by atoms with Gasteiger partial charge in [-0.3, -0.25) is 23.2 Å². The van der Waals surface area contributed by atoms with Gasteiger partial charge in [-0.2, -0.15) is 0 Å². The van der Waals surface area contributed by atoms with Gasteiger partial charge in [-0.1, -0.05) is 102 Å². The minimum atomic E-state index is -3.89. The summed E-state index contributed by atoms with van der Waals surface area (Å²) in [5.74, 6) is -0.738. The van der Waals surface area contributed by atoms with Crippen LogP contribution in [0.5, 0.6) is 0 Å². The number of nitrogens with zero attached hydrogens (tertiary/aromatic N) is 1. The van der Waals surface area contributed by atoms with Crippen molar-refractivity contribution in [1.29, 1.82) is 0 Å². The Hall–Kier alpha value is -1.51. The van der Waals surface area contributed by atoms with E-state index in [0.29, 0.717) is 17.4 Å². The largest absolute Gasteiger partial charge is 0.475 e. The Morgan fingerprint density at radius 2 is 1.08 bits per heavy atom. The molecule has 0 radical (unpaired) electrons. The van der Waals surface area contributed by atoms with Gasteiger partial charge in [-0.25, -0.2) is 4.57 Å². The summed E-state index contributed by atoms with van der Waals surface area (Å²) in [7, 11) is 2.11. The summed E-state index contributed by atoms with van der Waals surface area (Å²) in [6, 6.07) is 0. The van der Waals surface area contributed by atoms with E-state index in [-0.39, 0.29) is 38.8 Å². The van der Waals surface area contributed by atoms with E-state index in [4.69, 9.17) is 23.0 Å². The van der Waals surface area contributed by atoms with Gasteiger partial charge in [0.2, 0.25) is 0 Å². The molecular weight excluding hydrogens is 629 g/mol. The molecule has 0 rings (SSSR count). The Morgan fingerprint density at radius 3 is 1.58 bits per heavy atom. The monoisotopic (exact) mass is 703 g/mol. The lowest BCUT2D eigenvalue weighted by atomic mass is 10.1. The van der Waals surface area contributed by atoms with Crippen LogP contribution >= 0.6 is 7.82 Å². The topological polar surface area (TPSA) is 97.4 Å². The Bertz CT molecular complexity index is 886. The molecule has 0 N–H and O–H groups in total. The number of carbonyl (C=O) groups excluding carboxylic acids is 2. The minimum Gasteiger partial charge on any atom is -0.462 e. The molecule has 0 spiro atoms. The molecule has 0 aliphatic carbocycles. The Morgan fingerprint density at radius 1 is 0.604 bits per heavy atom. The van der Waals surface area contributed by atoms with Crippen LogP contribution in [0.4, 0.5) is 0 Å². The summed E-state index contributed by atoms with van der Waals surface area (Å²) < 4.78 is 41.4. The van der Waals surface area contributed by atoms with Crippen molar-refractivity contribution in [3.05, 3.63) is 24.3 Å². The lowest BCUT2D eigenvalue weighted by molar-refractivity contribution is -0.870. The second kappa shape index (κ2) is 31.5. The van der Waals surface area contributed by atoms with E-state index >= 15 is 0 Å². The van der Waals surface area contributed by atoms with Crippen LogP contribution in [-0.2, 0) is 37.2 Å². The van der Waals surface area contributed by atoms with Crippen molar-refractivity contribution in [1.82, 2.24) is 0 Å². The molecule has 0 heterocycles. The molecule has 0 fully saturated rings. The van der Waals surface area contributed by atoms with Crippen molar-refractivity contribution in [3.63, 3.8) is 0 Å². The number of rotatable bonds is 34. The third kappa shape index (κ3) is 31.7. The van der Waals surface area contributed by atoms with Gasteiger partial charge >= 0.3 is 19.8 Å². The van der Waals surface area contributed by atoms with Crippen LogP contribution in [0.1, 0.15) is 149 Å². The first-order valence-electron chi connectivity index (χ1n) is 19.0. The number of likely N-dealkylation sites (N-methyl/N-ethyl adjacent to an activating group) is 1. The maximum Gasteiger partial charge on any atom is 0.475 e. The summed E-state index contributed by atoms with van der Waals surface area (Å²) in [5, 5.41) is 0. The Balaban J connectivity index is 4.71. The highest BCUT2D eigenvalue weighted by molar-refractivity contribution is 7.48. The van der Waals surface area contributed by atoms with Crippen molar-refractivity contribution < 1.29 is 41.7 Å². The molecule has 0 saturated heterocycles. The zero-order valence-electron chi connectivity index (χ0n) is 31.7. The third-order valence-corrected chi connectivity index (χ3v) is 9.27. The van der Waals surface area contributed by atoms with Crippen molar-refractivity contribution in [2.75, 3.05) is 54.1 Å². The molecule has 0 aromatic heterocycles. The first-order chi connectivity index (χ1) is 23.0. The van der Waals surface area contributed by atoms with Gasteiger partial charge in [0.15, 0.2) is 6.10 Å². The van der Waals surface area contributed by atoms with Gasteiger partial charge in [-0.15, -0.1) is 0 Å². The highest BCUT2D eigenvalue weighted by Gasteiger charge is 2.30. The second-order valence-corrected chi connectivity index (χ2v) is 15.3. The van der Waals surface area contributed by atoms with Crippen LogP contribution in [0, 0.1) is 0 Å². The molecule has 0 aromatic carbocycles. The molecule has 282 valence electrons. The summed E-state index contributed by atoms with van der Waals surface area (Å²) in [5.41, 5.74) is 0. The fraction of sp³-hybridized carbons (Fsp3) is 0.842. The SMILES string of the molecule is CCCC/C=C\CCCCCCCC(=O)OCC(COP(=O)(OCC)OCC[N+](C)(C)C)OC(=O)CCCCCCC/C=C\CCCC. The molecule has 0 amide bonds. The number of hydrogen-bond acceptors (Lipinski definition) is 8. The van der Waals surface area contributed by atoms with Crippen LogP contribution in [0.2, 0.25) is 0 Å². The molecule has 2 atom stereocenters. The molecule has 0 aliphatic rings. The number of unbranched alkanes of at least 4 members (excludes halogenated alkanes) is 14. The summed E-state index contributed by atoms with van der Waals surface area (Å²) in [6.07, 6.45) is 28.4. The zero-order valence-corrected chi connectivity index (χ0v) is 32.6. The molecule has 48 heavy (non-hydrogen) atoms. The molecule has 0 bridgehead atoms. The standard InChI is InChI=1S/C38H73NO8P/c1-7-10-12-14-16-18-20-22-24-26-28-30-37(40)43-34-36(35-46-48(42,44-9-3)45-33-32-39(4,5)6)47-38(41)31-29-27-25-23-21-19-17-15-13-11-8-2/h14-17,36H,7-13,18-35H2,1-6H3/q+1/b16-14-,17-15-. The molecule has 2 unspecified atom stereocenters. The van der Waals surface area contributed by atoms with Crippen molar-refractivity contribution in [2.45, 2.75) is 155 Å². The lowest BCUT2D eigenvalue weighted by Crippen LogP contribution is -2.37. The average Bonchev–Trinajstić information content (AvgIpc) is 3.03. The first kappa shape index (κ1) is 46.5. The summed E-state index contributed by atoms with van der Waals surface area (Å²) in [6.45, 7) is 6.58. The van der Waals surface area contributed by atoms with Gasteiger partial charge in [0.05, 0.1) is 34.4 Å². The molecular formula is C38H73NO8P+. The average molecular weight is 703 g/mol. The van der Waals surface area contributed by atoms with E-state index in [1.165, 1.54) is 38.5 Å². The van der Waals surface area contributed by atoms with Crippen LogP contribution in [0.3, 0.4) is 0 Å². The van der Waals surface area contributed by atoms with Crippen molar-refractivity contribution >= 4 is 19.8 Å². The molecule has 9 nitrogen and oxygen atoms in total. The third-order valence-electron chi connectivity index (χ3n) is 7.73. The number of quaternary nitrogens is 1. The maximum atomic E-state index is 13.2. The van der Waals surface area contributed by atoms with Crippen LogP contribution in [0.25, 0.3) is 0 Å². The van der Waals surface area contributed by atoms with Crippen LogP contribution in [0.15, 0.2) is 24.3 Å². The summed E-state index contributed by atoms with van der Waals surface area (Å²) in [4.78, 5) is 25.2. The van der Waals surface area contributed by atoms with Crippen molar-refractivity contribution in [2.24, 2.45) is 0 Å². The fourth-order valence-electron chi connectivity index (χ4n) is 4.73. The Labute approximate surface area is 294 Å². The number of phosphoric acid groups is 1. The quantitative estimate of drug-likeness (QED) is 0.0215. The van der Waals surface area contributed by atoms with Crippen LogP contribution in [-0.4, -0.2) is 76.6 Å². The zero-order chi connectivity index (χ0) is 35.8. The molecule has 0 aromatic rings.